The van der Waals surface area contributed by atoms with Gasteiger partial charge in [0, 0.05) is 28.7 Å². The Morgan fingerprint density at radius 2 is 1.54 bits per heavy atom. The zero-order valence-electron chi connectivity index (χ0n) is 25.4. The van der Waals surface area contributed by atoms with Crippen LogP contribution in [0.15, 0.2) is 44.6 Å². The van der Waals surface area contributed by atoms with Gasteiger partial charge in [-0.25, -0.2) is 14.1 Å². The molecule has 1 atom stereocenters. The molecule has 13 heteroatoms. The minimum absolute atomic E-state index is 0.0233. The van der Waals surface area contributed by atoms with Crippen LogP contribution in [0.3, 0.4) is 0 Å². The Morgan fingerprint density at radius 3 is 2.09 bits per heavy atom. The van der Waals surface area contributed by atoms with E-state index in [1.807, 2.05) is 20.8 Å². The summed E-state index contributed by atoms with van der Waals surface area (Å²) in [4.78, 5) is 38.0. The van der Waals surface area contributed by atoms with E-state index >= 15 is 0 Å². The highest BCUT2D eigenvalue weighted by Gasteiger charge is 2.41. The highest BCUT2D eigenvalue weighted by Crippen LogP contribution is 2.40. The Labute approximate surface area is 280 Å². The van der Waals surface area contributed by atoms with E-state index in [9.17, 15) is 18.8 Å². The monoisotopic (exact) mass is 687 g/mol. The van der Waals surface area contributed by atoms with Gasteiger partial charge in [0.1, 0.15) is 23.9 Å². The van der Waals surface area contributed by atoms with Crippen molar-refractivity contribution in [1.29, 1.82) is 0 Å². The summed E-state index contributed by atoms with van der Waals surface area (Å²) in [5.74, 6) is 3.11. The number of imide groups is 1. The molecule has 3 aromatic rings. The zero-order chi connectivity index (χ0) is 33.9. The minimum atomic E-state index is -0.762. The normalized spacial score (nSPS) is 15.0. The van der Waals surface area contributed by atoms with Crippen molar-refractivity contribution >= 4 is 52.3 Å². The van der Waals surface area contributed by atoms with Crippen molar-refractivity contribution in [1.82, 2.24) is 9.78 Å². The third kappa shape index (κ3) is 7.26. The summed E-state index contributed by atoms with van der Waals surface area (Å²) in [7, 11) is 0. The summed E-state index contributed by atoms with van der Waals surface area (Å²) in [6.07, 6.45) is 12.6. The van der Waals surface area contributed by atoms with Gasteiger partial charge in [0.15, 0.2) is 6.10 Å². The standard InChI is InChI=1S/C18H15ClFNO3.C15H14Cl2N2O3/c1-3-10(2)24-16-9-15(14(20)8-13(16)19)21-17(22)11-6-4-5-7-12(11)18(21)23;1-5-6-21-12-8-11(9(16)7-10(12)17)19-14(20)22-13(18-19)15(2,3)4/h1,8-10H,4-7H2,2H3;1,7-8H,6H2,2-4H3. The van der Waals surface area contributed by atoms with Crippen LogP contribution in [0.2, 0.25) is 15.1 Å². The van der Waals surface area contributed by atoms with Crippen molar-refractivity contribution in [3.8, 4) is 41.9 Å². The highest BCUT2D eigenvalue weighted by molar-refractivity contribution is 6.36. The van der Waals surface area contributed by atoms with Crippen molar-refractivity contribution in [2.75, 3.05) is 11.5 Å². The Morgan fingerprint density at radius 1 is 0.957 bits per heavy atom. The van der Waals surface area contributed by atoms with E-state index in [2.05, 4.69) is 16.9 Å². The van der Waals surface area contributed by atoms with Gasteiger partial charge in [-0.2, -0.15) is 4.68 Å². The fourth-order valence-corrected chi connectivity index (χ4v) is 5.32. The molecule has 5 rings (SSSR count). The molecule has 2 amide bonds. The summed E-state index contributed by atoms with van der Waals surface area (Å²) in [6, 6.07) is 5.23. The van der Waals surface area contributed by atoms with Crippen molar-refractivity contribution < 1.29 is 27.9 Å². The van der Waals surface area contributed by atoms with Gasteiger partial charge in [0.2, 0.25) is 5.89 Å². The molecule has 1 aliphatic heterocycles. The van der Waals surface area contributed by atoms with Gasteiger partial charge in [-0.05, 0) is 44.7 Å². The van der Waals surface area contributed by atoms with Crippen LogP contribution in [0.4, 0.5) is 10.1 Å². The third-order valence-electron chi connectivity index (χ3n) is 6.90. The molecule has 0 saturated carbocycles. The number of nitrogens with zero attached hydrogens (tertiary/aromatic N) is 3. The number of aromatic nitrogens is 2. The smallest absolute Gasteiger partial charge is 0.442 e. The minimum Gasteiger partial charge on any atom is -0.479 e. The second kappa shape index (κ2) is 14.0. The topological polar surface area (TPSA) is 104 Å². The molecular formula is C33H29Cl3FN3O6. The van der Waals surface area contributed by atoms with Gasteiger partial charge in [0.25, 0.3) is 11.8 Å². The van der Waals surface area contributed by atoms with E-state index in [0.717, 1.165) is 28.5 Å². The molecule has 9 nitrogen and oxygen atoms in total. The summed E-state index contributed by atoms with van der Waals surface area (Å²) in [6.45, 7) is 7.32. The first-order valence-electron chi connectivity index (χ1n) is 14.1. The molecule has 0 spiro atoms. The van der Waals surface area contributed by atoms with Crippen LogP contribution in [-0.4, -0.2) is 34.3 Å². The fourth-order valence-electron chi connectivity index (χ4n) is 4.61. The lowest BCUT2D eigenvalue weighted by molar-refractivity contribution is -0.120. The van der Waals surface area contributed by atoms with Gasteiger partial charge in [-0.15, -0.1) is 17.9 Å². The summed E-state index contributed by atoms with van der Waals surface area (Å²) in [5, 5.41) is 4.73. The Kier molecular flexibility index (Phi) is 10.6. The van der Waals surface area contributed by atoms with Gasteiger partial charge >= 0.3 is 5.76 Å². The van der Waals surface area contributed by atoms with Crippen molar-refractivity contribution in [3.63, 3.8) is 0 Å². The van der Waals surface area contributed by atoms with Crippen LogP contribution in [-0.2, 0) is 15.0 Å². The molecule has 2 heterocycles. The molecule has 240 valence electrons. The van der Waals surface area contributed by atoms with Gasteiger partial charge in [0.05, 0.1) is 26.4 Å². The number of ether oxygens (including phenoxy) is 2. The number of anilines is 1. The number of rotatable bonds is 6. The molecule has 1 aromatic heterocycles. The highest BCUT2D eigenvalue weighted by atomic mass is 35.5. The predicted molar refractivity (Wildman–Crippen MR) is 173 cm³/mol. The third-order valence-corrected chi connectivity index (χ3v) is 7.79. The first kappa shape index (κ1) is 34.6. The van der Waals surface area contributed by atoms with Crippen molar-refractivity contribution in [2.24, 2.45) is 0 Å². The van der Waals surface area contributed by atoms with Gasteiger partial charge < -0.3 is 13.9 Å². The number of halogens is 4. The average Bonchev–Trinajstić information content (AvgIpc) is 3.51. The van der Waals surface area contributed by atoms with Crippen LogP contribution in [0, 0.1) is 30.5 Å². The molecule has 2 aromatic carbocycles. The lowest BCUT2D eigenvalue weighted by atomic mass is 9.93. The van der Waals surface area contributed by atoms with Crippen molar-refractivity contribution in [2.45, 2.75) is 64.9 Å². The van der Waals surface area contributed by atoms with Gasteiger partial charge in [-0.3, -0.25) is 9.59 Å². The van der Waals surface area contributed by atoms with E-state index in [0.29, 0.717) is 41.3 Å². The van der Waals surface area contributed by atoms with E-state index in [-0.39, 0.29) is 33.1 Å². The molecule has 0 N–H and O–H groups in total. The second-order valence-corrected chi connectivity index (χ2v) is 12.6. The lowest BCUT2D eigenvalue weighted by Gasteiger charge is -2.19. The van der Waals surface area contributed by atoms with Crippen LogP contribution in [0.1, 0.15) is 59.3 Å². The maximum absolute atomic E-state index is 14.4. The van der Waals surface area contributed by atoms with E-state index in [1.54, 1.807) is 6.92 Å². The molecule has 2 aliphatic rings. The molecule has 0 saturated heterocycles. The molecule has 0 fully saturated rings. The second-order valence-electron chi connectivity index (χ2n) is 11.3. The van der Waals surface area contributed by atoms with Gasteiger partial charge in [-0.1, -0.05) is 67.4 Å². The molecule has 0 radical (unpaired) electrons. The SMILES string of the molecule is C#CC(C)Oc1cc(N2C(=O)C3=C(CCCC3)C2=O)c(F)cc1Cl.C#CCOc1cc(-n2nc(C(C)(C)C)oc2=O)c(Cl)cc1Cl. The number of benzene rings is 2. The number of carbonyl (C=O) groups excluding carboxylic acids is 2. The Balaban J connectivity index is 0.000000210. The van der Waals surface area contributed by atoms with Crippen LogP contribution < -0.4 is 20.1 Å². The Hall–Kier alpha value is -4.22. The van der Waals surface area contributed by atoms with E-state index in [1.165, 1.54) is 18.2 Å². The van der Waals surface area contributed by atoms with Crippen molar-refractivity contribution in [3.05, 3.63) is 72.7 Å². The molecule has 0 bridgehead atoms. The lowest BCUT2D eigenvalue weighted by Crippen LogP contribution is -2.32. The largest absolute Gasteiger partial charge is 0.479 e. The van der Waals surface area contributed by atoms with E-state index < -0.39 is 34.9 Å². The number of carbonyl (C=O) groups is 2. The summed E-state index contributed by atoms with van der Waals surface area (Å²) >= 11 is 18.1. The quantitative estimate of drug-likeness (QED) is 0.202. The predicted octanol–water partition coefficient (Wildman–Crippen LogP) is 7.07. The maximum atomic E-state index is 14.4. The summed E-state index contributed by atoms with van der Waals surface area (Å²) in [5.41, 5.74) is 0.706. The van der Waals surface area contributed by atoms with Crippen LogP contribution >= 0.6 is 34.8 Å². The average molecular weight is 689 g/mol. The molecule has 1 aliphatic carbocycles. The number of hydrogen-bond acceptors (Lipinski definition) is 7. The first-order chi connectivity index (χ1) is 21.7. The molecular weight excluding hydrogens is 660 g/mol. The number of terminal acetylenes is 2. The fraction of sp³-hybridized carbons (Fsp3) is 0.333. The summed E-state index contributed by atoms with van der Waals surface area (Å²) < 4.78 is 31.4. The zero-order valence-corrected chi connectivity index (χ0v) is 27.6. The number of hydrogen-bond donors (Lipinski definition) is 0. The van der Waals surface area contributed by atoms with Crippen LogP contribution in [0.5, 0.6) is 11.5 Å². The van der Waals surface area contributed by atoms with Crippen LogP contribution in [0.25, 0.3) is 5.69 Å². The Bertz CT molecular complexity index is 1850. The molecule has 46 heavy (non-hydrogen) atoms. The van der Waals surface area contributed by atoms with E-state index in [4.69, 9.17) is 61.5 Å². The first-order valence-corrected chi connectivity index (χ1v) is 15.2. The maximum Gasteiger partial charge on any atom is 0.442 e. The number of amides is 2. The molecule has 1 unspecified atom stereocenters.